The van der Waals surface area contributed by atoms with Crippen LogP contribution in [0.25, 0.3) is 0 Å². The van der Waals surface area contributed by atoms with Gasteiger partial charge in [-0.2, -0.15) is 0 Å². The van der Waals surface area contributed by atoms with Crippen LogP contribution < -0.4 is 20.1 Å². The quantitative estimate of drug-likeness (QED) is 0.704. The van der Waals surface area contributed by atoms with Gasteiger partial charge in [0, 0.05) is 28.5 Å². The standard InChI is InChI=1S/C19H15ClN4O3/c1-11-2-3-12(20)6-14(11)24-19(25)15-8-18(22-9-21-15)23-13-4-5-16-17(7-13)27-10-26-16/h2-9H,10H2,1H3,(H,24,25)(H,21,22,23). The molecule has 0 spiro atoms. The lowest BCUT2D eigenvalue weighted by molar-refractivity contribution is 0.102. The second-order valence-electron chi connectivity index (χ2n) is 5.89. The van der Waals surface area contributed by atoms with Gasteiger partial charge in [-0.25, -0.2) is 9.97 Å². The van der Waals surface area contributed by atoms with Gasteiger partial charge in [0.1, 0.15) is 17.8 Å². The number of aromatic nitrogens is 2. The third-order valence-electron chi connectivity index (χ3n) is 3.99. The highest BCUT2D eigenvalue weighted by molar-refractivity contribution is 6.31. The Hall–Kier alpha value is -3.32. The van der Waals surface area contributed by atoms with Crippen LogP contribution in [0.2, 0.25) is 5.02 Å². The predicted octanol–water partition coefficient (Wildman–Crippen LogP) is 4.16. The summed E-state index contributed by atoms with van der Waals surface area (Å²) >= 11 is 6.00. The maximum Gasteiger partial charge on any atom is 0.274 e. The SMILES string of the molecule is Cc1ccc(Cl)cc1NC(=O)c1cc(Nc2ccc3c(c2)OCO3)ncn1. The molecule has 27 heavy (non-hydrogen) atoms. The van der Waals surface area contributed by atoms with Crippen molar-refractivity contribution in [2.45, 2.75) is 6.92 Å². The number of amides is 1. The first-order chi connectivity index (χ1) is 13.1. The van der Waals surface area contributed by atoms with Gasteiger partial charge in [-0.15, -0.1) is 0 Å². The highest BCUT2D eigenvalue weighted by Crippen LogP contribution is 2.34. The minimum atomic E-state index is -0.350. The van der Waals surface area contributed by atoms with E-state index in [0.29, 0.717) is 28.0 Å². The predicted molar refractivity (Wildman–Crippen MR) is 102 cm³/mol. The van der Waals surface area contributed by atoms with Crippen molar-refractivity contribution < 1.29 is 14.3 Å². The number of nitrogens with one attached hydrogen (secondary N) is 2. The number of aryl methyl sites for hydroxylation is 1. The van der Waals surface area contributed by atoms with Crippen LogP contribution in [0.5, 0.6) is 11.5 Å². The van der Waals surface area contributed by atoms with E-state index in [1.807, 2.05) is 19.1 Å². The lowest BCUT2D eigenvalue weighted by atomic mass is 10.2. The van der Waals surface area contributed by atoms with E-state index in [4.69, 9.17) is 21.1 Å². The first-order valence-corrected chi connectivity index (χ1v) is 8.52. The van der Waals surface area contributed by atoms with Crippen LogP contribution in [0.3, 0.4) is 0 Å². The molecule has 0 unspecified atom stereocenters. The Labute approximate surface area is 160 Å². The fourth-order valence-corrected chi connectivity index (χ4v) is 2.76. The van der Waals surface area contributed by atoms with Crippen molar-refractivity contribution in [1.29, 1.82) is 0 Å². The summed E-state index contributed by atoms with van der Waals surface area (Å²) in [6.45, 7) is 2.10. The summed E-state index contributed by atoms with van der Waals surface area (Å²) in [5.74, 6) is 1.48. The van der Waals surface area contributed by atoms with Gasteiger partial charge in [-0.3, -0.25) is 4.79 Å². The number of nitrogens with zero attached hydrogens (tertiary/aromatic N) is 2. The van der Waals surface area contributed by atoms with Crippen LogP contribution in [0.15, 0.2) is 48.8 Å². The number of hydrogen-bond acceptors (Lipinski definition) is 6. The van der Waals surface area contributed by atoms with Crippen molar-refractivity contribution >= 4 is 34.7 Å². The lowest BCUT2D eigenvalue weighted by Crippen LogP contribution is -2.15. The summed E-state index contributed by atoms with van der Waals surface area (Å²) in [5, 5.41) is 6.49. The molecule has 2 N–H and O–H groups in total. The third kappa shape index (κ3) is 3.78. The Morgan fingerprint density at radius 2 is 1.93 bits per heavy atom. The minimum absolute atomic E-state index is 0.208. The number of rotatable bonds is 4. The first-order valence-electron chi connectivity index (χ1n) is 8.15. The van der Waals surface area contributed by atoms with Crippen molar-refractivity contribution in [3.63, 3.8) is 0 Å². The average Bonchev–Trinajstić information content (AvgIpc) is 3.13. The summed E-state index contributed by atoms with van der Waals surface area (Å²) in [4.78, 5) is 20.7. The summed E-state index contributed by atoms with van der Waals surface area (Å²) in [7, 11) is 0. The Morgan fingerprint density at radius 3 is 2.81 bits per heavy atom. The van der Waals surface area contributed by atoms with Gasteiger partial charge < -0.3 is 20.1 Å². The summed E-state index contributed by atoms with van der Waals surface area (Å²) in [5.41, 5.74) is 2.53. The number of anilines is 3. The molecule has 136 valence electrons. The number of fused-ring (bicyclic) bond motifs is 1. The molecule has 0 saturated heterocycles. The fourth-order valence-electron chi connectivity index (χ4n) is 2.59. The monoisotopic (exact) mass is 382 g/mol. The molecule has 3 aromatic rings. The molecule has 2 heterocycles. The smallest absolute Gasteiger partial charge is 0.274 e. The molecule has 8 heteroatoms. The molecule has 1 aliphatic heterocycles. The van der Waals surface area contributed by atoms with Crippen molar-refractivity contribution in [1.82, 2.24) is 9.97 Å². The molecule has 0 bridgehead atoms. The molecule has 4 rings (SSSR count). The molecule has 1 aliphatic rings. The van der Waals surface area contributed by atoms with Crippen molar-refractivity contribution in [3.8, 4) is 11.5 Å². The molecule has 0 saturated carbocycles. The Morgan fingerprint density at radius 1 is 1.07 bits per heavy atom. The Bertz CT molecular complexity index is 1030. The van der Waals surface area contributed by atoms with Crippen molar-refractivity contribution in [2.75, 3.05) is 17.4 Å². The van der Waals surface area contributed by atoms with E-state index in [-0.39, 0.29) is 18.4 Å². The number of halogens is 1. The van der Waals surface area contributed by atoms with E-state index >= 15 is 0 Å². The van der Waals surface area contributed by atoms with Crippen LogP contribution in [0.4, 0.5) is 17.2 Å². The zero-order valence-corrected chi connectivity index (χ0v) is 15.1. The maximum absolute atomic E-state index is 12.5. The number of benzene rings is 2. The van der Waals surface area contributed by atoms with Gasteiger partial charge in [0.15, 0.2) is 11.5 Å². The first kappa shape index (κ1) is 17.1. The molecular weight excluding hydrogens is 368 g/mol. The molecule has 1 aromatic heterocycles. The van der Waals surface area contributed by atoms with E-state index in [1.54, 1.807) is 30.3 Å². The van der Waals surface area contributed by atoms with Crippen LogP contribution in [-0.2, 0) is 0 Å². The number of carbonyl (C=O) groups is 1. The van der Waals surface area contributed by atoms with E-state index in [9.17, 15) is 4.79 Å². The van der Waals surface area contributed by atoms with Crippen molar-refractivity contribution in [2.24, 2.45) is 0 Å². The van der Waals surface area contributed by atoms with E-state index in [0.717, 1.165) is 11.3 Å². The summed E-state index contributed by atoms with van der Waals surface area (Å²) in [6, 6.07) is 12.3. The molecular formula is C19H15ClN4O3. The number of hydrogen-bond donors (Lipinski definition) is 2. The van der Waals surface area contributed by atoms with Gasteiger partial charge in [-0.1, -0.05) is 17.7 Å². The third-order valence-corrected chi connectivity index (χ3v) is 4.23. The minimum Gasteiger partial charge on any atom is -0.454 e. The van der Waals surface area contributed by atoms with Crippen LogP contribution >= 0.6 is 11.6 Å². The zero-order valence-electron chi connectivity index (χ0n) is 14.3. The van der Waals surface area contributed by atoms with Crippen LogP contribution in [-0.4, -0.2) is 22.7 Å². The number of ether oxygens (including phenoxy) is 2. The van der Waals surface area contributed by atoms with E-state index in [1.165, 1.54) is 6.33 Å². The molecule has 2 aromatic carbocycles. The van der Waals surface area contributed by atoms with Gasteiger partial charge in [0.25, 0.3) is 5.91 Å². The molecule has 7 nitrogen and oxygen atoms in total. The summed E-state index contributed by atoms with van der Waals surface area (Å²) in [6.07, 6.45) is 1.33. The number of carbonyl (C=O) groups excluding carboxylic acids is 1. The largest absolute Gasteiger partial charge is 0.454 e. The van der Waals surface area contributed by atoms with Gasteiger partial charge in [0.2, 0.25) is 6.79 Å². The lowest BCUT2D eigenvalue weighted by Gasteiger charge is -2.10. The van der Waals surface area contributed by atoms with E-state index < -0.39 is 0 Å². The summed E-state index contributed by atoms with van der Waals surface area (Å²) < 4.78 is 10.6. The Balaban J connectivity index is 1.52. The molecule has 0 atom stereocenters. The van der Waals surface area contributed by atoms with Crippen LogP contribution in [0, 0.1) is 6.92 Å². The van der Waals surface area contributed by atoms with E-state index in [2.05, 4.69) is 20.6 Å². The molecule has 0 fully saturated rings. The van der Waals surface area contributed by atoms with Crippen LogP contribution in [0.1, 0.15) is 16.1 Å². The normalized spacial score (nSPS) is 11.9. The molecule has 1 amide bonds. The maximum atomic E-state index is 12.5. The van der Waals surface area contributed by atoms with Gasteiger partial charge in [-0.05, 0) is 36.8 Å². The average molecular weight is 383 g/mol. The second kappa shape index (κ2) is 7.13. The second-order valence-corrected chi connectivity index (χ2v) is 6.33. The van der Waals surface area contributed by atoms with Gasteiger partial charge in [0.05, 0.1) is 0 Å². The highest BCUT2D eigenvalue weighted by Gasteiger charge is 2.14. The highest BCUT2D eigenvalue weighted by atomic mass is 35.5. The van der Waals surface area contributed by atoms with Gasteiger partial charge >= 0.3 is 0 Å². The molecule has 0 aliphatic carbocycles. The van der Waals surface area contributed by atoms with Crippen molar-refractivity contribution in [3.05, 3.63) is 65.1 Å². The molecule has 0 radical (unpaired) electrons. The topological polar surface area (TPSA) is 85.4 Å². The zero-order chi connectivity index (χ0) is 18.8. The Kier molecular flexibility index (Phi) is 4.52. The fraction of sp³-hybridized carbons (Fsp3) is 0.105.